The van der Waals surface area contributed by atoms with E-state index >= 15 is 0 Å². The van der Waals surface area contributed by atoms with E-state index in [9.17, 15) is 22.0 Å². The molecule has 0 aliphatic carbocycles. The molecule has 6 N–H and O–H groups in total. The Hall–Kier alpha value is -3.06. The number of carbonyl (C=O) groups is 1. The second-order valence-corrected chi connectivity index (χ2v) is 7.06. The average molecular weight is 401 g/mol. The van der Waals surface area contributed by atoms with Crippen LogP contribution in [0.2, 0.25) is 0 Å². The number of rotatable bonds is 7. The fourth-order valence-electron chi connectivity index (χ4n) is 2.00. The SMILES string of the molecule is CCCS(=O)(=O)Nc1ccc(F)c(NC(=O)Nc2cc(NN)ncn2)c1F. The molecule has 2 rings (SSSR count). The Kier molecular flexibility index (Phi) is 6.41. The largest absolute Gasteiger partial charge is 0.325 e. The highest BCUT2D eigenvalue weighted by molar-refractivity contribution is 7.92. The minimum Gasteiger partial charge on any atom is -0.308 e. The molecule has 1 heterocycles. The molecule has 2 amide bonds. The van der Waals surface area contributed by atoms with E-state index in [0.29, 0.717) is 6.42 Å². The minimum atomic E-state index is -3.80. The number of nitrogens with zero attached hydrogens (tertiary/aromatic N) is 2. The zero-order chi connectivity index (χ0) is 20.0. The second kappa shape index (κ2) is 8.55. The van der Waals surface area contributed by atoms with Gasteiger partial charge in [-0.05, 0) is 18.6 Å². The average Bonchev–Trinajstić information content (AvgIpc) is 2.61. The third-order valence-corrected chi connectivity index (χ3v) is 4.60. The van der Waals surface area contributed by atoms with Gasteiger partial charge in [0.1, 0.15) is 29.5 Å². The predicted molar refractivity (Wildman–Crippen MR) is 96.5 cm³/mol. The zero-order valence-electron chi connectivity index (χ0n) is 14.1. The van der Waals surface area contributed by atoms with Gasteiger partial charge in [0, 0.05) is 6.07 Å². The summed E-state index contributed by atoms with van der Waals surface area (Å²) in [5.74, 6) is 2.79. The molecule has 1 aromatic carbocycles. The third kappa shape index (κ3) is 5.46. The van der Waals surface area contributed by atoms with Gasteiger partial charge < -0.3 is 10.7 Å². The maximum absolute atomic E-state index is 14.5. The molecule has 10 nitrogen and oxygen atoms in total. The fraction of sp³-hybridized carbons (Fsp3) is 0.214. The van der Waals surface area contributed by atoms with Gasteiger partial charge in [-0.25, -0.2) is 37.8 Å². The normalized spacial score (nSPS) is 11.0. The number of benzene rings is 1. The summed E-state index contributed by atoms with van der Waals surface area (Å²) in [5.41, 5.74) is 0.927. The van der Waals surface area contributed by atoms with E-state index in [0.717, 1.165) is 18.5 Å². The van der Waals surface area contributed by atoms with Gasteiger partial charge in [0.25, 0.3) is 0 Å². The Balaban J connectivity index is 2.20. The quantitative estimate of drug-likeness (QED) is 0.351. The van der Waals surface area contributed by atoms with E-state index in [4.69, 9.17) is 5.84 Å². The van der Waals surface area contributed by atoms with Gasteiger partial charge in [0.05, 0.1) is 11.4 Å². The van der Waals surface area contributed by atoms with Crippen molar-refractivity contribution in [2.45, 2.75) is 13.3 Å². The Labute approximate surface area is 153 Å². The number of nitrogens with one attached hydrogen (secondary N) is 4. The molecule has 0 radical (unpaired) electrons. The molecule has 0 unspecified atom stereocenters. The van der Waals surface area contributed by atoms with Gasteiger partial charge in [-0.1, -0.05) is 6.92 Å². The number of hydrazine groups is 1. The van der Waals surface area contributed by atoms with Crippen molar-refractivity contribution in [1.82, 2.24) is 9.97 Å². The molecule has 0 aliphatic heterocycles. The summed E-state index contributed by atoms with van der Waals surface area (Å²) < 4.78 is 53.9. The maximum atomic E-state index is 14.5. The molecule has 146 valence electrons. The lowest BCUT2D eigenvalue weighted by Gasteiger charge is -2.13. The van der Waals surface area contributed by atoms with Crippen LogP contribution in [0.4, 0.5) is 36.6 Å². The lowest BCUT2D eigenvalue weighted by Crippen LogP contribution is -2.23. The first-order chi connectivity index (χ1) is 12.8. The first-order valence-electron chi connectivity index (χ1n) is 7.61. The van der Waals surface area contributed by atoms with Crippen molar-refractivity contribution in [2.24, 2.45) is 5.84 Å². The van der Waals surface area contributed by atoms with Gasteiger partial charge in [0.15, 0.2) is 5.82 Å². The lowest BCUT2D eigenvalue weighted by atomic mass is 10.2. The molecular weight excluding hydrogens is 384 g/mol. The van der Waals surface area contributed by atoms with Crippen LogP contribution in [0.1, 0.15) is 13.3 Å². The molecule has 0 fully saturated rings. The van der Waals surface area contributed by atoms with Crippen LogP contribution in [0.3, 0.4) is 0 Å². The van der Waals surface area contributed by atoms with E-state index in [1.165, 1.54) is 6.07 Å². The Morgan fingerprint density at radius 3 is 2.56 bits per heavy atom. The molecule has 13 heteroatoms. The number of nitrogens with two attached hydrogens (primary N) is 1. The molecule has 27 heavy (non-hydrogen) atoms. The molecule has 0 aliphatic rings. The monoisotopic (exact) mass is 401 g/mol. The van der Waals surface area contributed by atoms with Crippen molar-refractivity contribution in [3.05, 3.63) is 36.2 Å². The van der Waals surface area contributed by atoms with Crippen LogP contribution in [-0.4, -0.2) is 30.2 Å². The summed E-state index contributed by atoms with van der Waals surface area (Å²) in [6.45, 7) is 1.64. The third-order valence-electron chi connectivity index (χ3n) is 3.12. The number of halogens is 2. The molecule has 0 spiro atoms. The number of hydrogen-bond acceptors (Lipinski definition) is 7. The van der Waals surface area contributed by atoms with Crippen LogP contribution in [0, 0.1) is 11.6 Å². The van der Waals surface area contributed by atoms with Crippen molar-refractivity contribution in [3.8, 4) is 0 Å². The van der Waals surface area contributed by atoms with Crippen molar-refractivity contribution in [1.29, 1.82) is 0 Å². The number of urea groups is 1. The van der Waals surface area contributed by atoms with E-state index in [1.807, 2.05) is 10.0 Å². The number of hydrogen-bond donors (Lipinski definition) is 5. The molecule has 0 atom stereocenters. The summed E-state index contributed by atoms with van der Waals surface area (Å²) >= 11 is 0. The number of aromatic nitrogens is 2. The van der Waals surface area contributed by atoms with Gasteiger partial charge >= 0.3 is 6.03 Å². The standard InChI is InChI=1S/C14H17F2N7O3S/c1-2-5-27(25,26)23-9-4-3-8(15)13(12(9)16)21-14(24)20-10-6-11(22-17)19-7-18-10/h3-4,6-7,23H,2,5,17H2,1H3,(H3,18,19,20,21,22,24). The second-order valence-electron chi connectivity index (χ2n) is 5.22. The topological polar surface area (TPSA) is 151 Å². The molecular formula is C14H17F2N7O3S. The first-order valence-corrected chi connectivity index (χ1v) is 9.26. The highest BCUT2D eigenvalue weighted by atomic mass is 32.2. The van der Waals surface area contributed by atoms with E-state index in [-0.39, 0.29) is 17.4 Å². The van der Waals surface area contributed by atoms with Crippen LogP contribution in [0.15, 0.2) is 24.5 Å². The number of amides is 2. The van der Waals surface area contributed by atoms with Crippen LogP contribution >= 0.6 is 0 Å². The van der Waals surface area contributed by atoms with Gasteiger partial charge in [-0.15, -0.1) is 0 Å². The van der Waals surface area contributed by atoms with Gasteiger partial charge in [-0.3, -0.25) is 10.0 Å². The molecule has 2 aromatic rings. The smallest absolute Gasteiger partial charge is 0.308 e. The highest BCUT2D eigenvalue weighted by Gasteiger charge is 2.19. The van der Waals surface area contributed by atoms with Crippen LogP contribution < -0.4 is 26.6 Å². The Morgan fingerprint density at radius 1 is 1.19 bits per heavy atom. The van der Waals surface area contributed by atoms with Crippen LogP contribution in [0.25, 0.3) is 0 Å². The molecule has 0 saturated carbocycles. The van der Waals surface area contributed by atoms with E-state index in [2.05, 4.69) is 20.7 Å². The van der Waals surface area contributed by atoms with Crippen molar-refractivity contribution in [3.63, 3.8) is 0 Å². The summed E-state index contributed by atoms with van der Waals surface area (Å²) in [7, 11) is -3.80. The van der Waals surface area contributed by atoms with E-state index < -0.39 is 39.1 Å². The number of nitrogen functional groups attached to an aromatic ring is 1. The predicted octanol–water partition coefficient (Wildman–Crippen LogP) is 1.84. The Bertz CT molecular complexity index is 940. The summed E-state index contributed by atoms with van der Waals surface area (Å²) in [6, 6.07) is 2.01. The summed E-state index contributed by atoms with van der Waals surface area (Å²) in [5, 5.41) is 4.21. The zero-order valence-corrected chi connectivity index (χ0v) is 14.9. The van der Waals surface area contributed by atoms with Crippen LogP contribution in [-0.2, 0) is 10.0 Å². The van der Waals surface area contributed by atoms with Gasteiger partial charge in [-0.2, -0.15) is 0 Å². The minimum absolute atomic E-state index is 0.0102. The Morgan fingerprint density at radius 2 is 1.89 bits per heavy atom. The van der Waals surface area contributed by atoms with Crippen molar-refractivity contribution >= 4 is 39.1 Å². The fourth-order valence-corrected chi connectivity index (χ4v) is 3.13. The number of anilines is 4. The highest BCUT2D eigenvalue weighted by Crippen LogP contribution is 2.27. The number of sulfonamides is 1. The molecule has 1 aromatic heterocycles. The number of carbonyl (C=O) groups excluding carboxylic acids is 1. The summed E-state index contributed by atoms with van der Waals surface area (Å²) in [4.78, 5) is 19.5. The summed E-state index contributed by atoms with van der Waals surface area (Å²) in [6.07, 6.45) is 1.42. The maximum Gasteiger partial charge on any atom is 0.325 e. The lowest BCUT2D eigenvalue weighted by molar-refractivity contribution is 0.262. The molecule has 0 bridgehead atoms. The van der Waals surface area contributed by atoms with E-state index in [1.54, 1.807) is 6.92 Å². The van der Waals surface area contributed by atoms with Crippen LogP contribution in [0.5, 0.6) is 0 Å². The van der Waals surface area contributed by atoms with Crippen molar-refractivity contribution < 1.29 is 22.0 Å². The van der Waals surface area contributed by atoms with Crippen molar-refractivity contribution in [2.75, 3.05) is 26.5 Å². The van der Waals surface area contributed by atoms with Gasteiger partial charge in [0.2, 0.25) is 10.0 Å². The first kappa shape index (κ1) is 20.3. The molecule has 0 saturated heterocycles.